The van der Waals surface area contributed by atoms with E-state index in [0.29, 0.717) is 0 Å². The SMILES string of the molecule is C=[NH2+].O=P[O-]. The highest BCUT2D eigenvalue weighted by atomic mass is 31.1. The maximum atomic E-state index is 8.35. The normalized spacial score (nSPS) is 5.00. The molecule has 0 spiro atoms. The molecule has 0 bridgehead atoms. The van der Waals surface area contributed by atoms with Crippen molar-refractivity contribution in [2.24, 2.45) is 0 Å². The van der Waals surface area contributed by atoms with Crippen LogP contribution in [0.15, 0.2) is 0 Å². The fraction of sp³-hybridized carbons (Fsp3) is 0. The predicted molar refractivity (Wildman–Crippen MR) is 16.7 cm³/mol. The molecule has 0 aromatic rings. The van der Waals surface area contributed by atoms with Crippen LogP contribution >= 0.6 is 8.69 Å². The molecule has 0 aromatic carbocycles. The Morgan fingerprint density at radius 2 is 1.80 bits per heavy atom. The molecule has 0 atom stereocenters. The van der Waals surface area contributed by atoms with E-state index >= 15 is 0 Å². The van der Waals surface area contributed by atoms with E-state index in [-0.39, 0.29) is 0 Å². The van der Waals surface area contributed by atoms with Crippen molar-refractivity contribution < 1.29 is 14.9 Å². The Balaban J connectivity index is 0. The second kappa shape index (κ2) is 52.2. The zero-order valence-electron chi connectivity index (χ0n) is 2.55. The van der Waals surface area contributed by atoms with E-state index in [1.165, 1.54) is 0 Å². The molecule has 0 heterocycles. The first kappa shape index (κ1) is 8.83. The van der Waals surface area contributed by atoms with Crippen molar-refractivity contribution in [1.82, 2.24) is 0 Å². The molecule has 2 N–H and O–H groups in total. The maximum Gasteiger partial charge on any atom is 0.123 e. The quantitative estimate of drug-likeness (QED) is 0.278. The van der Waals surface area contributed by atoms with Gasteiger partial charge in [0.2, 0.25) is 0 Å². The summed E-state index contributed by atoms with van der Waals surface area (Å²) in [6.45, 7) is 2.75. The van der Waals surface area contributed by atoms with Gasteiger partial charge in [0, 0.05) is 0 Å². The molecule has 0 aliphatic carbocycles. The van der Waals surface area contributed by atoms with Crippen LogP contribution < -0.4 is 10.3 Å². The van der Waals surface area contributed by atoms with Crippen LogP contribution in [-0.2, 0) is 4.57 Å². The van der Waals surface area contributed by atoms with Gasteiger partial charge in [-0.25, -0.2) is 0 Å². The summed E-state index contributed by atoms with van der Waals surface area (Å²) < 4.78 is 8.35. The highest BCUT2D eigenvalue weighted by molar-refractivity contribution is 7.14. The molecule has 0 unspecified atom stereocenters. The van der Waals surface area contributed by atoms with Crippen LogP contribution in [0.25, 0.3) is 0 Å². The lowest BCUT2D eigenvalue weighted by Crippen LogP contribution is -2.21. The van der Waals surface area contributed by atoms with Gasteiger partial charge in [0.15, 0.2) is 0 Å². The highest BCUT2D eigenvalue weighted by Crippen LogP contribution is 1.53. The van der Waals surface area contributed by atoms with Crippen molar-refractivity contribution in [3.8, 4) is 0 Å². The summed E-state index contributed by atoms with van der Waals surface area (Å²) >= 11 is 0. The van der Waals surface area contributed by atoms with E-state index in [4.69, 9.17) is 9.46 Å². The third-order valence-corrected chi connectivity index (χ3v) is 0. The second-order valence-electron chi connectivity index (χ2n) is 0.0745. The van der Waals surface area contributed by atoms with Crippen LogP contribution in [0.4, 0.5) is 0 Å². The van der Waals surface area contributed by atoms with Gasteiger partial charge in [-0.1, -0.05) is 0 Å². The summed E-state index contributed by atoms with van der Waals surface area (Å²) in [6.07, 6.45) is 0. The number of hydrogen-bond acceptors (Lipinski definition) is 2. The molecule has 0 radical (unpaired) electrons. The van der Waals surface area contributed by atoms with Gasteiger partial charge >= 0.3 is 0 Å². The van der Waals surface area contributed by atoms with Crippen molar-refractivity contribution >= 4 is 15.4 Å². The fourth-order valence-corrected chi connectivity index (χ4v) is 0. The van der Waals surface area contributed by atoms with E-state index in [1.807, 2.05) is 0 Å². The predicted octanol–water partition coefficient (Wildman–Crippen LogP) is -2.00. The highest BCUT2D eigenvalue weighted by Gasteiger charge is 1.01. The fourth-order valence-electron chi connectivity index (χ4n) is 0. The van der Waals surface area contributed by atoms with Crippen LogP contribution in [0.2, 0.25) is 0 Å². The summed E-state index contributed by atoms with van der Waals surface area (Å²) in [6, 6.07) is 0. The molecule has 0 fully saturated rings. The minimum atomic E-state index is -1.08. The molecule has 4 heteroatoms. The summed E-state index contributed by atoms with van der Waals surface area (Å²) in [7, 11) is -1.08. The van der Waals surface area contributed by atoms with Crippen LogP contribution in [0, 0.1) is 0 Å². The Bertz CT molecular complexity index is 23.6. The largest absolute Gasteiger partial charge is 0.772 e. The second-order valence-corrected chi connectivity index (χ2v) is 0.224. The Hall–Kier alpha value is -0.270. The van der Waals surface area contributed by atoms with E-state index in [2.05, 4.69) is 12.1 Å². The summed E-state index contributed by atoms with van der Waals surface area (Å²) in [5.74, 6) is 0. The molecule has 5 heavy (non-hydrogen) atoms. The van der Waals surface area contributed by atoms with Gasteiger partial charge in [-0.2, -0.15) is 0 Å². The summed E-state index contributed by atoms with van der Waals surface area (Å²) in [5, 5.41) is 4.25. The average molecular weight is 93.0 g/mol. The van der Waals surface area contributed by atoms with E-state index in [1.54, 1.807) is 0 Å². The van der Waals surface area contributed by atoms with Crippen LogP contribution in [-0.4, -0.2) is 6.72 Å². The molecule has 0 saturated heterocycles. The Morgan fingerprint density at radius 1 is 1.80 bits per heavy atom. The Kier molecular flexibility index (Phi) is 92.1. The summed E-state index contributed by atoms with van der Waals surface area (Å²) in [5.41, 5.74) is 0. The zero-order chi connectivity index (χ0) is 4.71. The van der Waals surface area contributed by atoms with Crippen molar-refractivity contribution in [2.45, 2.75) is 0 Å². The van der Waals surface area contributed by atoms with E-state index in [9.17, 15) is 0 Å². The first-order valence-electron chi connectivity index (χ1n) is 0.773. The van der Waals surface area contributed by atoms with Crippen LogP contribution in [0.5, 0.6) is 0 Å². The van der Waals surface area contributed by atoms with Crippen molar-refractivity contribution in [1.29, 1.82) is 0 Å². The lowest BCUT2D eigenvalue weighted by Gasteiger charge is -1.57. The van der Waals surface area contributed by atoms with Gasteiger partial charge < -0.3 is 4.89 Å². The number of hydrogen-bond donors (Lipinski definition) is 1. The van der Waals surface area contributed by atoms with Crippen molar-refractivity contribution in [3.63, 3.8) is 0 Å². The lowest BCUT2D eigenvalue weighted by atomic mass is 11.8. The van der Waals surface area contributed by atoms with E-state index < -0.39 is 8.69 Å². The van der Waals surface area contributed by atoms with Crippen LogP contribution in [0.3, 0.4) is 0 Å². The van der Waals surface area contributed by atoms with Gasteiger partial charge in [0.25, 0.3) is 0 Å². The smallest absolute Gasteiger partial charge is 0.123 e. The molecule has 3 nitrogen and oxygen atoms in total. The lowest BCUT2D eigenvalue weighted by molar-refractivity contribution is -0.154. The number of rotatable bonds is 0. The van der Waals surface area contributed by atoms with E-state index in [0.717, 1.165) is 0 Å². The molecule has 0 amide bonds. The van der Waals surface area contributed by atoms with Crippen molar-refractivity contribution in [3.05, 3.63) is 0 Å². The van der Waals surface area contributed by atoms with Crippen molar-refractivity contribution in [2.75, 3.05) is 0 Å². The minimum Gasteiger partial charge on any atom is -0.772 e. The molecule has 0 aliphatic heterocycles. The molecule has 0 aliphatic rings. The maximum absolute atomic E-state index is 8.35. The molecule has 30 valence electrons. The van der Waals surface area contributed by atoms with Gasteiger partial charge in [-0.15, -0.1) is 0 Å². The van der Waals surface area contributed by atoms with Gasteiger partial charge in [0.1, 0.15) is 6.72 Å². The Labute approximate surface area is 31.4 Å². The molecule has 0 aromatic heterocycles. The van der Waals surface area contributed by atoms with Gasteiger partial charge in [-0.05, 0) is 0 Å². The van der Waals surface area contributed by atoms with Gasteiger partial charge in [-0.3, -0.25) is 9.97 Å². The molecule has 0 rings (SSSR count). The standard InChI is InChI=1S/CH3N.HO2P/c1-2;1-3-2/h2H,1H2;(H,1,2). The molecular weight excluding hydrogens is 89.0 g/mol. The first-order chi connectivity index (χ1) is 2.41. The van der Waals surface area contributed by atoms with Crippen LogP contribution in [0.1, 0.15) is 0 Å². The molecule has 0 saturated carbocycles. The Morgan fingerprint density at radius 3 is 1.80 bits per heavy atom. The topological polar surface area (TPSA) is 65.7 Å². The zero-order valence-corrected chi connectivity index (χ0v) is 3.44. The monoisotopic (exact) mass is 93.0 g/mol. The third kappa shape index (κ3) is 153. The molecular formula is CH4NO2P. The third-order valence-electron chi connectivity index (χ3n) is 0. The minimum absolute atomic E-state index is 1.08. The summed E-state index contributed by atoms with van der Waals surface area (Å²) in [4.78, 5) is 8.35. The van der Waals surface area contributed by atoms with Gasteiger partial charge in [0.05, 0.1) is 8.69 Å². The first-order valence-corrected chi connectivity index (χ1v) is 1.50. The number of nitrogens with two attached hydrogens (primary N) is 1. The average Bonchev–Trinajstić information content (AvgIpc) is 1.46.